The Labute approximate surface area is 127 Å². The number of aryl methyl sites for hydroxylation is 1. The summed E-state index contributed by atoms with van der Waals surface area (Å²) in [7, 11) is -1.29. The van der Waals surface area contributed by atoms with Crippen molar-refractivity contribution in [1.82, 2.24) is 4.90 Å². The maximum atomic E-state index is 12.0. The van der Waals surface area contributed by atoms with Gasteiger partial charge in [-0.2, -0.15) is 4.40 Å². The van der Waals surface area contributed by atoms with E-state index in [1.54, 1.807) is 0 Å². The Morgan fingerprint density at radius 1 is 1.19 bits per heavy atom. The summed E-state index contributed by atoms with van der Waals surface area (Å²) >= 11 is 0. The molecule has 0 bridgehead atoms. The highest BCUT2D eigenvalue weighted by Crippen LogP contribution is 2.20. The molecule has 0 aliphatic carbocycles. The molecule has 0 saturated carbocycles. The van der Waals surface area contributed by atoms with Gasteiger partial charge in [0, 0.05) is 19.3 Å². The third kappa shape index (κ3) is 3.86. The minimum atomic E-state index is -1.29. The normalized spacial score (nSPS) is 22.3. The molecule has 0 N–H and O–H groups in total. The fourth-order valence-corrected chi connectivity index (χ4v) is 2.92. The Bertz CT molecular complexity index is 652. The lowest BCUT2D eigenvalue weighted by Crippen LogP contribution is -2.03. The maximum absolute atomic E-state index is 12.0. The van der Waals surface area contributed by atoms with Crippen LogP contribution in [-0.4, -0.2) is 27.9 Å². The summed E-state index contributed by atoms with van der Waals surface area (Å²) in [5.41, 5.74) is 2.46. The summed E-state index contributed by atoms with van der Waals surface area (Å²) in [6.07, 6.45) is 1.82. The molecule has 1 fully saturated rings. The van der Waals surface area contributed by atoms with Crippen molar-refractivity contribution in [2.45, 2.75) is 24.4 Å². The third-order valence-corrected chi connectivity index (χ3v) is 4.53. The molecule has 21 heavy (non-hydrogen) atoms. The number of rotatable bonds is 5. The van der Waals surface area contributed by atoms with Crippen molar-refractivity contribution in [1.29, 1.82) is 0 Å². The molecule has 2 aromatic carbocycles. The van der Waals surface area contributed by atoms with Crippen LogP contribution in [0.15, 0.2) is 63.9 Å². The predicted octanol–water partition coefficient (Wildman–Crippen LogP) is 2.97. The molecule has 0 radical (unpaired) electrons. The van der Waals surface area contributed by atoms with Crippen molar-refractivity contribution in [3.8, 4) is 0 Å². The zero-order valence-corrected chi connectivity index (χ0v) is 12.8. The number of hydrogen-bond donors (Lipinski definition) is 0. The van der Waals surface area contributed by atoms with Gasteiger partial charge in [-0.15, -0.1) is 0 Å². The second kappa shape index (κ2) is 6.33. The standard InChI is InChI=1S/C17H18N2OS/c1-14-7-9-17(10-8-14)21(20)18-11-16-13-19(16)12-15-5-3-2-4-6-15/h2-11,16H,12-13H2,1H3/b18-11+/t16-,19?,21?/m1/s1. The fraction of sp³-hybridized carbons (Fsp3) is 0.235. The molecule has 1 heterocycles. The Morgan fingerprint density at radius 2 is 1.90 bits per heavy atom. The first-order valence-corrected chi connectivity index (χ1v) is 8.14. The molecule has 1 aliphatic rings. The van der Waals surface area contributed by atoms with Gasteiger partial charge < -0.3 is 0 Å². The Balaban J connectivity index is 1.54. The highest BCUT2D eigenvalue weighted by Gasteiger charge is 2.32. The molecule has 3 rings (SSSR count). The van der Waals surface area contributed by atoms with Crippen molar-refractivity contribution in [3.05, 3.63) is 65.7 Å². The summed E-state index contributed by atoms with van der Waals surface area (Å²) in [6.45, 7) is 3.93. The molecule has 3 nitrogen and oxygen atoms in total. The van der Waals surface area contributed by atoms with Crippen LogP contribution in [0, 0.1) is 6.92 Å². The molecule has 2 unspecified atom stereocenters. The largest absolute Gasteiger partial charge is 0.288 e. The van der Waals surface area contributed by atoms with Crippen LogP contribution in [0.1, 0.15) is 11.1 Å². The first kappa shape index (κ1) is 14.2. The van der Waals surface area contributed by atoms with Gasteiger partial charge in [-0.1, -0.05) is 48.0 Å². The van der Waals surface area contributed by atoms with Gasteiger partial charge in [-0.3, -0.25) is 4.90 Å². The van der Waals surface area contributed by atoms with Crippen LogP contribution >= 0.6 is 0 Å². The Hall–Kier alpha value is -1.78. The summed E-state index contributed by atoms with van der Waals surface area (Å²) in [5.74, 6) is 0. The zero-order valence-electron chi connectivity index (χ0n) is 12.0. The third-order valence-electron chi connectivity index (χ3n) is 3.54. The lowest BCUT2D eigenvalue weighted by Gasteiger charge is -2.01. The van der Waals surface area contributed by atoms with Crippen molar-refractivity contribution in [2.24, 2.45) is 4.40 Å². The second-order valence-corrected chi connectivity index (χ2v) is 6.48. The van der Waals surface area contributed by atoms with Gasteiger partial charge in [0.15, 0.2) is 11.0 Å². The first-order valence-electron chi connectivity index (χ1n) is 7.03. The summed E-state index contributed by atoms with van der Waals surface area (Å²) < 4.78 is 16.2. The minimum Gasteiger partial charge on any atom is -0.288 e. The van der Waals surface area contributed by atoms with E-state index in [0.29, 0.717) is 6.04 Å². The van der Waals surface area contributed by atoms with Crippen LogP contribution in [0.4, 0.5) is 0 Å². The van der Waals surface area contributed by atoms with E-state index in [-0.39, 0.29) is 0 Å². The minimum absolute atomic E-state index is 0.319. The van der Waals surface area contributed by atoms with Crippen LogP contribution in [0.25, 0.3) is 0 Å². The van der Waals surface area contributed by atoms with Gasteiger partial charge in [-0.25, -0.2) is 4.21 Å². The van der Waals surface area contributed by atoms with Crippen LogP contribution in [0.3, 0.4) is 0 Å². The van der Waals surface area contributed by atoms with Gasteiger partial charge in [0.1, 0.15) is 0 Å². The first-order chi connectivity index (χ1) is 10.2. The molecule has 0 amide bonds. The molecular weight excluding hydrogens is 280 g/mol. The lowest BCUT2D eigenvalue weighted by atomic mass is 10.2. The van der Waals surface area contributed by atoms with Gasteiger partial charge in [0.05, 0.1) is 10.9 Å². The van der Waals surface area contributed by atoms with E-state index in [9.17, 15) is 4.21 Å². The van der Waals surface area contributed by atoms with Gasteiger partial charge in [0.25, 0.3) is 0 Å². The van der Waals surface area contributed by atoms with Crippen LogP contribution < -0.4 is 0 Å². The number of nitrogens with zero attached hydrogens (tertiary/aromatic N) is 2. The van der Waals surface area contributed by atoms with Gasteiger partial charge in [-0.05, 0) is 24.6 Å². The van der Waals surface area contributed by atoms with Gasteiger partial charge in [0.2, 0.25) is 0 Å². The number of hydrogen-bond acceptors (Lipinski definition) is 2. The van der Waals surface area contributed by atoms with Crippen molar-refractivity contribution < 1.29 is 4.21 Å². The van der Waals surface area contributed by atoms with Crippen molar-refractivity contribution in [3.63, 3.8) is 0 Å². The van der Waals surface area contributed by atoms with Crippen molar-refractivity contribution in [2.75, 3.05) is 6.54 Å². The Kier molecular flexibility index (Phi) is 4.27. The molecule has 4 heteroatoms. The average molecular weight is 298 g/mol. The van der Waals surface area contributed by atoms with E-state index in [4.69, 9.17) is 0 Å². The second-order valence-electron chi connectivity index (χ2n) is 5.30. The monoisotopic (exact) mass is 298 g/mol. The van der Waals surface area contributed by atoms with E-state index >= 15 is 0 Å². The number of benzene rings is 2. The molecule has 3 atom stereocenters. The molecule has 0 spiro atoms. The molecule has 108 valence electrons. The van der Waals surface area contributed by atoms with Crippen LogP contribution in [-0.2, 0) is 17.5 Å². The van der Waals surface area contributed by atoms with E-state index in [1.165, 1.54) is 5.56 Å². The Morgan fingerprint density at radius 3 is 2.62 bits per heavy atom. The van der Waals surface area contributed by atoms with Crippen molar-refractivity contribution >= 4 is 17.2 Å². The summed E-state index contributed by atoms with van der Waals surface area (Å²) in [5, 5.41) is 0. The maximum Gasteiger partial charge on any atom is 0.172 e. The molecule has 1 aliphatic heterocycles. The molecule has 2 aromatic rings. The summed E-state index contributed by atoms with van der Waals surface area (Å²) in [4.78, 5) is 3.05. The quantitative estimate of drug-likeness (QED) is 0.628. The predicted molar refractivity (Wildman–Crippen MR) is 86.7 cm³/mol. The van der Waals surface area contributed by atoms with E-state index in [0.717, 1.165) is 23.5 Å². The van der Waals surface area contributed by atoms with E-state index in [1.807, 2.05) is 55.6 Å². The smallest absolute Gasteiger partial charge is 0.172 e. The summed E-state index contributed by atoms with van der Waals surface area (Å²) in [6, 6.07) is 18.4. The highest BCUT2D eigenvalue weighted by atomic mass is 32.2. The molecular formula is C17H18N2OS. The SMILES string of the molecule is Cc1ccc(S(=O)/N=C/[C@@H]2CN2Cc2ccccc2)cc1. The van der Waals surface area contributed by atoms with Gasteiger partial charge >= 0.3 is 0 Å². The van der Waals surface area contributed by atoms with Crippen LogP contribution in [0.2, 0.25) is 0 Å². The topological polar surface area (TPSA) is 32.4 Å². The molecule has 1 saturated heterocycles. The van der Waals surface area contributed by atoms with E-state index < -0.39 is 11.0 Å². The zero-order chi connectivity index (χ0) is 14.7. The average Bonchev–Trinajstić information content (AvgIpc) is 3.24. The lowest BCUT2D eigenvalue weighted by molar-refractivity contribution is 0.539. The van der Waals surface area contributed by atoms with Crippen LogP contribution in [0.5, 0.6) is 0 Å². The fourth-order valence-electron chi connectivity index (χ4n) is 2.18. The van der Waals surface area contributed by atoms with E-state index in [2.05, 4.69) is 21.4 Å². The highest BCUT2D eigenvalue weighted by molar-refractivity contribution is 7.83. The molecule has 0 aromatic heterocycles.